The predicted molar refractivity (Wildman–Crippen MR) is 50.7 cm³/mol. The summed E-state index contributed by atoms with van der Waals surface area (Å²) in [4.78, 5) is 10.8. The number of hydrogen-bond donors (Lipinski definition) is 1. The first-order chi connectivity index (χ1) is 7.06. The molecule has 0 radical (unpaired) electrons. The molecule has 15 heavy (non-hydrogen) atoms. The summed E-state index contributed by atoms with van der Waals surface area (Å²) in [6, 6.07) is 1.10. The van der Waals surface area contributed by atoms with Crippen LogP contribution in [0.25, 0.3) is 0 Å². The zero-order valence-corrected chi connectivity index (χ0v) is 8.67. The highest BCUT2D eigenvalue weighted by molar-refractivity contribution is 5.92. The fourth-order valence-electron chi connectivity index (χ4n) is 0.810. The molecule has 0 bridgehead atoms. The van der Waals surface area contributed by atoms with Gasteiger partial charge in [0.2, 0.25) is 0 Å². The molecule has 0 saturated carbocycles. The molecule has 0 heterocycles. The van der Waals surface area contributed by atoms with Crippen molar-refractivity contribution in [1.82, 2.24) is 0 Å². The number of carbonyl (C=O) groups excluding carboxylic acids is 1. The van der Waals surface area contributed by atoms with Crippen molar-refractivity contribution in [3.63, 3.8) is 0 Å². The molecule has 0 spiro atoms. The van der Waals surface area contributed by atoms with Gasteiger partial charge in [-0.05, 0) is 6.07 Å². The molecule has 0 fully saturated rings. The minimum absolute atomic E-state index is 0.401. The molecule has 1 rings (SSSR count). The van der Waals surface area contributed by atoms with Crippen LogP contribution in [0.2, 0.25) is 0 Å². The van der Waals surface area contributed by atoms with E-state index in [2.05, 4.69) is 4.74 Å². The average molecular weight is 218 g/mol. The summed E-state index contributed by atoms with van der Waals surface area (Å²) < 4.78 is 29.2. The minimum Gasteiger partial charge on any atom is -0.507 e. The number of hydrogen-bond acceptors (Lipinski definition) is 3. The zero-order chi connectivity index (χ0) is 12.0. The summed E-state index contributed by atoms with van der Waals surface area (Å²) in [6.07, 6.45) is 0. The van der Waals surface area contributed by atoms with Crippen LogP contribution in [0.15, 0.2) is 12.1 Å². The van der Waals surface area contributed by atoms with Gasteiger partial charge in [-0.1, -0.05) is 13.8 Å². The maximum atomic E-state index is 12.6. The number of esters is 1. The molecule has 84 valence electrons. The number of phenols is 1. The number of phenolic OH excluding ortho intramolecular Hbond substituents is 1. The van der Waals surface area contributed by atoms with Crippen LogP contribution in [0.3, 0.4) is 0 Å². The van der Waals surface area contributed by atoms with Gasteiger partial charge in [0.1, 0.15) is 11.3 Å². The van der Waals surface area contributed by atoms with E-state index in [0.29, 0.717) is 12.1 Å². The van der Waals surface area contributed by atoms with E-state index in [-0.39, 0.29) is 0 Å². The number of carbonyl (C=O) groups is 1. The number of rotatable bonds is 1. The van der Waals surface area contributed by atoms with Crippen molar-refractivity contribution in [1.29, 1.82) is 0 Å². The Hall–Kier alpha value is -1.65. The highest BCUT2D eigenvalue weighted by atomic mass is 19.2. The lowest BCUT2D eigenvalue weighted by Crippen LogP contribution is -2.03. The number of aromatic hydroxyl groups is 1. The Morgan fingerprint density at radius 3 is 2.20 bits per heavy atom. The SMILES string of the molecule is CC.COC(=O)c1cc(F)c(F)cc1O. The first kappa shape index (κ1) is 13.4. The third-order valence-corrected chi connectivity index (χ3v) is 1.44. The minimum atomic E-state index is -1.22. The monoisotopic (exact) mass is 218 g/mol. The number of halogens is 2. The fourth-order valence-corrected chi connectivity index (χ4v) is 0.810. The van der Waals surface area contributed by atoms with Crippen molar-refractivity contribution in [3.8, 4) is 5.75 Å². The molecule has 0 amide bonds. The summed E-state index contributed by atoms with van der Waals surface area (Å²) in [6.45, 7) is 4.00. The van der Waals surface area contributed by atoms with Gasteiger partial charge in [0, 0.05) is 6.07 Å². The van der Waals surface area contributed by atoms with Crippen LogP contribution < -0.4 is 0 Å². The number of ether oxygens (including phenoxy) is 1. The molecule has 0 aliphatic rings. The van der Waals surface area contributed by atoms with E-state index in [1.54, 1.807) is 0 Å². The Bertz CT molecular complexity index is 351. The van der Waals surface area contributed by atoms with Gasteiger partial charge in [-0.25, -0.2) is 13.6 Å². The fraction of sp³-hybridized carbons (Fsp3) is 0.300. The lowest BCUT2D eigenvalue weighted by molar-refractivity contribution is 0.0596. The van der Waals surface area contributed by atoms with E-state index < -0.39 is 28.9 Å². The second-order valence-corrected chi connectivity index (χ2v) is 2.28. The Kier molecular flexibility index (Phi) is 5.30. The number of methoxy groups -OCH3 is 1. The Labute approximate surface area is 86.3 Å². The highest BCUT2D eigenvalue weighted by Gasteiger charge is 2.15. The molecule has 1 aromatic rings. The van der Waals surface area contributed by atoms with Crippen LogP contribution in [0.1, 0.15) is 24.2 Å². The highest BCUT2D eigenvalue weighted by Crippen LogP contribution is 2.21. The van der Waals surface area contributed by atoms with Crippen molar-refractivity contribution < 1.29 is 23.4 Å². The molecule has 0 aliphatic carbocycles. The summed E-state index contributed by atoms with van der Waals surface area (Å²) >= 11 is 0. The lowest BCUT2D eigenvalue weighted by atomic mass is 10.2. The molecular weight excluding hydrogens is 206 g/mol. The smallest absolute Gasteiger partial charge is 0.341 e. The first-order valence-corrected chi connectivity index (χ1v) is 4.32. The van der Waals surface area contributed by atoms with E-state index >= 15 is 0 Å². The third-order valence-electron chi connectivity index (χ3n) is 1.44. The largest absolute Gasteiger partial charge is 0.507 e. The molecule has 3 nitrogen and oxygen atoms in total. The van der Waals surface area contributed by atoms with Crippen molar-refractivity contribution in [2.75, 3.05) is 7.11 Å². The standard InChI is InChI=1S/C8H6F2O3.C2H6/c1-13-8(12)4-2-5(9)6(10)3-7(4)11;1-2/h2-3,11H,1H3;1-2H3. The van der Waals surface area contributed by atoms with Crippen molar-refractivity contribution in [2.24, 2.45) is 0 Å². The van der Waals surface area contributed by atoms with E-state index in [1.165, 1.54) is 0 Å². The van der Waals surface area contributed by atoms with Gasteiger partial charge in [0.15, 0.2) is 11.6 Å². The van der Waals surface area contributed by atoms with Gasteiger partial charge >= 0.3 is 5.97 Å². The lowest BCUT2D eigenvalue weighted by Gasteiger charge is -2.02. The van der Waals surface area contributed by atoms with E-state index in [4.69, 9.17) is 5.11 Å². The van der Waals surface area contributed by atoms with Crippen LogP contribution in [0, 0.1) is 11.6 Å². The summed E-state index contributed by atoms with van der Waals surface area (Å²) in [5.41, 5.74) is -0.401. The van der Waals surface area contributed by atoms with Crippen LogP contribution in [0.4, 0.5) is 8.78 Å². The molecular formula is C10H12F2O3. The molecule has 1 aromatic carbocycles. The van der Waals surface area contributed by atoms with Crippen LogP contribution >= 0.6 is 0 Å². The second-order valence-electron chi connectivity index (χ2n) is 2.28. The molecule has 0 aliphatic heterocycles. The Morgan fingerprint density at radius 1 is 1.27 bits per heavy atom. The third kappa shape index (κ3) is 3.19. The second kappa shape index (κ2) is 5.95. The normalized spacial score (nSPS) is 8.87. The predicted octanol–water partition coefficient (Wildman–Crippen LogP) is 2.48. The van der Waals surface area contributed by atoms with Crippen molar-refractivity contribution in [3.05, 3.63) is 29.3 Å². The number of benzene rings is 1. The van der Waals surface area contributed by atoms with Gasteiger partial charge in [0.05, 0.1) is 7.11 Å². The maximum absolute atomic E-state index is 12.6. The maximum Gasteiger partial charge on any atom is 0.341 e. The van der Waals surface area contributed by atoms with E-state index in [9.17, 15) is 13.6 Å². The molecule has 0 atom stereocenters. The molecule has 0 aromatic heterocycles. The van der Waals surface area contributed by atoms with Crippen molar-refractivity contribution in [2.45, 2.75) is 13.8 Å². The molecule has 1 N–H and O–H groups in total. The quantitative estimate of drug-likeness (QED) is 0.736. The average Bonchev–Trinajstić information content (AvgIpc) is 2.25. The molecule has 0 unspecified atom stereocenters. The van der Waals surface area contributed by atoms with Gasteiger partial charge in [-0.3, -0.25) is 0 Å². The first-order valence-electron chi connectivity index (χ1n) is 4.32. The topological polar surface area (TPSA) is 46.5 Å². The van der Waals surface area contributed by atoms with E-state index in [0.717, 1.165) is 7.11 Å². The molecule has 5 heteroatoms. The Balaban J connectivity index is 0.000000921. The van der Waals surface area contributed by atoms with Crippen LogP contribution in [0.5, 0.6) is 5.75 Å². The van der Waals surface area contributed by atoms with Crippen LogP contribution in [-0.4, -0.2) is 18.2 Å². The van der Waals surface area contributed by atoms with Crippen molar-refractivity contribution >= 4 is 5.97 Å². The summed E-state index contributed by atoms with van der Waals surface area (Å²) in [7, 11) is 1.07. The van der Waals surface area contributed by atoms with Gasteiger partial charge in [-0.2, -0.15) is 0 Å². The summed E-state index contributed by atoms with van der Waals surface area (Å²) in [5.74, 6) is -3.99. The van der Waals surface area contributed by atoms with Gasteiger partial charge in [-0.15, -0.1) is 0 Å². The van der Waals surface area contributed by atoms with Gasteiger partial charge < -0.3 is 9.84 Å². The molecule has 0 saturated heterocycles. The van der Waals surface area contributed by atoms with Crippen LogP contribution in [-0.2, 0) is 4.74 Å². The summed E-state index contributed by atoms with van der Waals surface area (Å²) in [5, 5.41) is 9.01. The Morgan fingerprint density at radius 2 is 1.73 bits per heavy atom. The van der Waals surface area contributed by atoms with E-state index in [1.807, 2.05) is 13.8 Å². The van der Waals surface area contributed by atoms with Gasteiger partial charge in [0.25, 0.3) is 0 Å². The zero-order valence-electron chi connectivity index (χ0n) is 8.67.